The van der Waals surface area contributed by atoms with Crippen LogP contribution in [-0.4, -0.2) is 9.55 Å². The van der Waals surface area contributed by atoms with Crippen LogP contribution in [0.1, 0.15) is 42.7 Å². The third kappa shape index (κ3) is 2.06. The molecule has 2 nitrogen and oxygen atoms in total. The number of aryl methyl sites for hydroxylation is 2. The summed E-state index contributed by atoms with van der Waals surface area (Å²) < 4.78 is 2.35. The van der Waals surface area contributed by atoms with Gasteiger partial charge in [-0.15, -0.1) is 0 Å². The lowest BCUT2D eigenvalue weighted by atomic mass is 9.93. The fourth-order valence-electron chi connectivity index (χ4n) is 4.02. The van der Waals surface area contributed by atoms with Crippen LogP contribution in [-0.2, 0) is 7.05 Å². The molecule has 2 aromatic heterocycles. The second kappa shape index (κ2) is 5.28. The number of pyridine rings is 1. The van der Waals surface area contributed by atoms with Crippen LogP contribution in [0, 0.1) is 6.92 Å². The molecule has 0 N–H and O–H groups in total. The van der Waals surface area contributed by atoms with Gasteiger partial charge in [0.05, 0.1) is 11.4 Å². The Hall–Kier alpha value is -2.09. The van der Waals surface area contributed by atoms with Gasteiger partial charge in [-0.2, -0.15) is 0 Å². The summed E-state index contributed by atoms with van der Waals surface area (Å²) in [5, 5.41) is 1.42. The molecule has 3 aromatic rings. The monoisotopic (exact) mass is 290 g/mol. The Labute approximate surface area is 131 Å². The highest BCUT2D eigenvalue weighted by Gasteiger charge is 2.26. The first-order chi connectivity index (χ1) is 10.8. The van der Waals surface area contributed by atoms with Gasteiger partial charge in [0.1, 0.15) is 0 Å². The van der Waals surface area contributed by atoms with Crippen molar-refractivity contribution in [2.24, 2.45) is 7.05 Å². The molecule has 0 aliphatic heterocycles. The zero-order valence-electron chi connectivity index (χ0n) is 13.3. The quantitative estimate of drug-likeness (QED) is 0.633. The van der Waals surface area contributed by atoms with E-state index in [0.717, 1.165) is 5.69 Å². The fourth-order valence-corrected chi connectivity index (χ4v) is 4.02. The number of hydrogen-bond acceptors (Lipinski definition) is 1. The number of aromatic nitrogens is 2. The minimum atomic E-state index is 0.684. The molecule has 0 unspecified atom stereocenters. The first-order valence-corrected chi connectivity index (χ1v) is 8.26. The highest BCUT2D eigenvalue weighted by atomic mass is 15.0. The van der Waals surface area contributed by atoms with E-state index >= 15 is 0 Å². The van der Waals surface area contributed by atoms with E-state index in [-0.39, 0.29) is 0 Å². The fraction of sp³-hybridized carbons (Fsp3) is 0.350. The number of fused-ring (bicyclic) bond motifs is 1. The number of hydrogen-bond donors (Lipinski definition) is 0. The Balaban J connectivity index is 2.04. The molecular weight excluding hydrogens is 268 g/mol. The molecule has 0 bridgehead atoms. The summed E-state index contributed by atoms with van der Waals surface area (Å²) in [6.07, 6.45) is 7.24. The third-order valence-corrected chi connectivity index (χ3v) is 5.07. The van der Waals surface area contributed by atoms with Crippen molar-refractivity contribution in [3.8, 4) is 11.4 Å². The van der Waals surface area contributed by atoms with Gasteiger partial charge in [0.15, 0.2) is 0 Å². The standard InChI is InChI=1S/C20H22N2/c1-14-10-11-16-18(13-14)22(2)20(17-9-5-6-12-21-17)19(16)15-7-3-4-8-15/h5-6,9-13,15H,3-4,7-8H2,1-2H3. The molecule has 1 fully saturated rings. The summed E-state index contributed by atoms with van der Waals surface area (Å²) in [5.41, 5.74) is 6.59. The van der Waals surface area contributed by atoms with Crippen LogP contribution in [0.5, 0.6) is 0 Å². The summed E-state index contributed by atoms with van der Waals surface area (Å²) in [6.45, 7) is 2.17. The van der Waals surface area contributed by atoms with Crippen LogP contribution in [0.15, 0.2) is 42.6 Å². The molecule has 0 radical (unpaired) electrons. The Morgan fingerprint density at radius 3 is 2.64 bits per heavy atom. The van der Waals surface area contributed by atoms with E-state index in [0.29, 0.717) is 5.92 Å². The van der Waals surface area contributed by atoms with Crippen LogP contribution in [0.4, 0.5) is 0 Å². The topological polar surface area (TPSA) is 17.8 Å². The van der Waals surface area contributed by atoms with Gasteiger partial charge in [0, 0.05) is 24.1 Å². The van der Waals surface area contributed by atoms with Gasteiger partial charge < -0.3 is 4.57 Å². The molecule has 4 rings (SSSR count). The minimum absolute atomic E-state index is 0.684. The maximum atomic E-state index is 4.64. The summed E-state index contributed by atoms with van der Waals surface area (Å²) >= 11 is 0. The first kappa shape index (κ1) is 13.6. The van der Waals surface area contributed by atoms with Gasteiger partial charge in [0.2, 0.25) is 0 Å². The normalized spacial score (nSPS) is 15.7. The van der Waals surface area contributed by atoms with Gasteiger partial charge in [0.25, 0.3) is 0 Å². The van der Waals surface area contributed by atoms with E-state index < -0.39 is 0 Å². The molecule has 2 heterocycles. The van der Waals surface area contributed by atoms with Crippen molar-refractivity contribution in [2.45, 2.75) is 38.5 Å². The predicted octanol–water partition coefficient (Wildman–Crippen LogP) is 5.21. The summed E-state index contributed by atoms with van der Waals surface area (Å²) in [7, 11) is 2.18. The molecule has 1 saturated carbocycles. The number of benzene rings is 1. The molecule has 112 valence electrons. The van der Waals surface area contributed by atoms with Crippen molar-refractivity contribution in [3.05, 3.63) is 53.7 Å². The van der Waals surface area contributed by atoms with Gasteiger partial charge >= 0.3 is 0 Å². The van der Waals surface area contributed by atoms with E-state index in [1.165, 1.54) is 53.4 Å². The molecular formula is C20H22N2. The third-order valence-electron chi connectivity index (χ3n) is 5.07. The second-order valence-corrected chi connectivity index (χ2v) is 6.54. The van der Waals surface area contributed by atoms with Gasteiger partial charge in [-0.1, -0.05) is 31.0 Å². The maximum absolute atomic E-state index is 4.64. The lowest BCUT2D eigenvalue weighted by molar-refractivity contribution is 0.726. The van der Waals surface area contributed by atoms with Crippen molar-refractivity contribution in [1.29, 1.82) is 0 Å². The summed E-state index contributed by atoms with van der Waals surface area (Å²) in [5.74, 6) is 0.684. The Bertz CT molecular complexity index is 809. The highest BCUT2D eigenvalue weighted by molar-refractivity contribution is 5.92. The van der Waals surface area contributed by atoms with Crippen molar-refractivity contribution in [3.63, 3.8) is 0 Å². The number of nitrogens with zero attached hydrogens (tertiary/aromatic N) is 2. The van der Waals surface area contributed by atoms with Crippen molar-refractivity contribution in [2.75, 3.05) is 0 Å². The predicted molar refractivity (Wildman–Crippen MR) is 92.1 cm³/mol. The Morgan fingerprint density at radius 2 is 1.91 bits per heavy atom. The van der Waals surface area contributed by atoms with Gasteiger partial charge in [-0.3, -0.25) is 4.98 Å². The average Bonchev–Trinajstić information content (AvgIpc) is 3.15. The van der Waals surface area contributed by atoms with Crippen LogP contribution >= 0.6 is 0 Å². The summed E-state index contributed by atoms with van der Waals surface area (Å²) in [4.78, 5) is 4.64. The zero-order valence-corrected chi connectivity index (χ0v) is 13.3. The molecule has 0 saturated heterocycles. The van der Waals surface area contributed by atoms with E-state index in [9.17, 15) is 0 Å². The van der Waals surface area contributed by atoms with Crippen LogP contribution < -0.4 is 0 Å². The summed E-state index contributed by atoms with van der Waals surface area (Å²) in [6, 6.07) is 13.1. The van der Waals surface area contributed by atoms with Crippen molar-refractivity contribution in [1.82, 2.24) is 9.55 Å². The molecule has 1 aromatic carbocycles. The van der Waals surface area contributed by atoms with Crippen LogP contribution in [0.2, 0.25) is 0 Å². The second-order valence-electron chi connectivity index (χ2n) is 6.54. The zero-order chi connectivity index (χ0) is 15.1. The van der Waals surface area contributed by atoms with E-state index in [4.69, 9.17) is 0 Å². The number of rotatable bonds is 2. The molecule has 1 aliphatic rings. The first-order valence-electron chi connectivity index (χ1n) is 8.26. The Kier molecular flexibility index (Phi) is 3.25. The Morgan fingerprint density at radius 1 is 1.09 bits per heavy atom. The minimum Gasteiger partial charge on any atom is -0.342 e. The van der Waals surface area contributed by atoms with E-state index in [2.05, 4.69) is 53.9 Å². The van der Waals surface area contributed by atoms with E-state index in [1.807, 2.05) is 12.3 Å². The highest BCUT2D eigenvalue weighted by Crippen LogP contribution is 2.44. The van der Waals surface area contributed by atoms with Crippen molar-refractivity contribution < 1.29 is 0 Å². The average molecular weight is 290 g/mol. The molecule has 1 aliphatic carbocycles. The maximum Gasteiger partial charge on any atom is 0.0869 e. The SMILES string of the molecule is Cc1ccc2c(C3CCCC3)c(-c3ccccn3)n(C)c2c1. The molecule has 22 heavy (non-hydrogen) atoms. The lowest BCUT2D eigenvalue weighted by Gasteiger charge is -2.13. The smallest absolute Gasteiger partial charge is 0.0869 e. The van der Waals surface area contributed by atoms with E-state index in [1.54, 1.807) is 0 Å². The molecule has 0 atom stereocenters. The molecule has 0 amide bonds. The lowest BCUT2D eigenvalue weighted by Crippen LogP contribution is -1.99. The van der Waals surface area contributed by atoms with Gasteiger partial charge in [-0.25, -0.2) is 0 Å². The van der Waals surface area contributed by atoms with Crippen molar-refractivity contribution >= 4 is 10.9 Å². The van der Waals surface area contributed by atoms with Crippen LogP contribution in [0.25, 0.3) is 22.3 Å². The molecule has 2 heteroatoms. The van der Waals surface area contributed by atoms with Crippen LogP contribution in [0.3, 0.4) is 0 Å². The molecule has 0 spiro atoms. The largest absolute Gasteiger partial charge is 0.342 e. The van der Waals surface area contributed by atoms with Gasteiger partial charge in [-0.05, 0) is 55.0 Å².